The van der Waals surface area contributed by atoms with Gasteiger partial charge < -0.3 is 14.6 Å². The highest BCUT2D eigenvalue weighted by Crippen LogP contribution is 2.37. The van der Waals surface area contributed by atoms with Crippen LogP contribution in [0.4, 0.5) is 18.9 Å². The average Bonchev–Trinajstić information content (AvgIpc) is 2.80. The summed E-state index contributed by atoms with van der Waals surface area (Å²) in [6.45, 7) is 3.99. The van der Waals surface area contributed by atoms with E-state index in [1.807, 2.05) is 0 Å². The van der Waals surface area contributed by atoms with Crippen molar-refractivity contribution in [3.05, 3.63) is 29.3 Å². The lowest BCUT2D eigenvalue weighted by Crippen LogP contribution is -2.44. The molecule has 3 nitrogen and oxygen atoms in total. The first kappa shape index (κ1) is 12.3. The van der Waals surface area contributed by atoms with E-state index in [4.69, 9.17) is 4.42 Å². The first-order valence-electron chi connectivity index (χ1n) is 6.11. The molecule has 0 radical (unpaired) electrons. The average molecular weight is 270 g/mol. The standard InChI is InChI=1S/C13H13F3N2O/c1-7-6-19-13-8(7)9(14)10(15)11(16)12(13)18-4-2-17-3-5-18/h6,17H,2-5H2,1H3. The summed E-state index contributed by atoms with van der Waals surface area (Å²) in [6, 6.07) is 0. The highest BCUT2D eigenvalue weighted by Gasteiger charge is 2.27. The van der Waals surface area contributed by atoms with E-state index in [9.17, 15) is 13.2 Å². The maximum atomic E-state index is 14.0. The quantitative estimate of drug-likeness (QED) is 0.807. The number of piperazine rings is 1. The van der Waals surface area contributed by atoms with E-state index in [0.717, 1.165) is 0 Å². The van der Waals surface area contributed by atoms with Crippen molar-refractivity contribution in [1.82, 2.24) is 5.32 Å². The van der Waals surface area contributed by atoms with E-state index in [0.29, 0.717) is 31.7 Å². The number of fused-ring (bicyclic) bond motifs is 1. The molecule has 2 aromatic rings. The van der Waals surface area contributed by atoms with Crippen LogP contribution in [0.1, 0.15) is 5.56 Å². The van der Waals surface area contributed by atoms with Gasteiger partial charge in [-0.05, 0) is 12.5 Å². The molecule has 1 aliphatic heterocycles. The molecule has 2 heterocycles. The van der Waals surface area contributed by atoms with Crippen LogP contribution in [0.25, 0.3) is 11.0 Å². The molecule has 0 amide bonds. The van der Waals surface area contributed by atoms with Gasteiger partial charge in [0.15, 0.2) is 23.0 Å². The zero-order valence-corrected chi connectivity index (χ0v) is 10.4. The molecule has 0 unspecified atom stereocenters. The van der Waals surface area contributed by atoms with Crippen LogP contribution in [0.2, 0.25) is 0 Å². The summed E-state index contributed by atoms with van der Waals surface area (Å²) < 4.78 is 46.8. The molecule has 1 fully saturated rings. The van der Waals surface area contributed by atoms with Gasteiger partial charge in [0.2, 0.25) is 0 Å². The lowest BCUT2D eigenvalue weighted by atomic mass is 10.1. The number of hydrogen-bond donors (Lipinski definition) is 1. The first-order valence-corrected chi connectivity index (χ1v) is 6.11. The summed E-state index contributed by atoms with van der Waals surface area (Å²) in [4.78, 5) is 1.68. The second-order valence-corrected chi connectivity index (χ2v) is 4.65. The van der Waals surface area contributed by atoms with Crippen molar-refractivity contribution in [1.29, 1.82) is 0 Å². The minimum Gasteiger partial charge on any atom is -0.462 e. The van der Waals surface area contributed by atoms with Crippen molar-refractivity contribution < 1.29 is 17.6 Å². The lowest BCUT2D eigenvalue weighted by Gasteiger charge is -2.29. The highest BCUT2D eigenvalue weighted by molar-refractivity contribution is 5.92. The maximum Gasteiger partial charge on any atom is 0.197 e. The Kier molecular flexibility index (Phi) is 2.89. The van der Waals surface area contributed by atoms with Crippen LogP contribution in [0, 0.1) is 24.4 Å². The fourth-order valence-electron chi connectivity index (χ4n) is 2.47. The SMILES string of the molecule is Cc1coc2c(N3CCNCC3)c(F)c(F)c(F)c12. The number of rotatable bonds is 1. The Morgan fingerprint density at radius 2 is 1.79 bits per heavy atom. The van der Waals surface area contributed by atoms with Gasteiger partial charge in [-0.1, -0.05) is 0 Å². The molecule has 1 aromatic carbocycles. The number of hydrogen-bond acceptors (Lipinski definition) is 3. The second kappa shape index (κ2) is 4.45. The van der Waals surface area contributed by atoms with E-state index < -0.39 is 17.5 Å². The highest BCUT2D eigenvalue weighted by atomic mass is 19.2. The Morgan fingerprint density at radius 1 is 1.11 bits per heavy atom. The minimum absolute atomic E-state index is 0.0171. The third-order valence-electron chi connectivity index (χ3n) is 3.44. The maximum absolute atomic E-state index is 14.0. The van der Waals surface area contributed by atoms with E-state index in [1.165, 1.54) is 6.26 Å². The molecule has 0 aliphatic carbocycles. The number of halogens is 3. The van der Waals surface area contributed by atoms with Crippen molar-refractivity contribution in [2.24, 2.45) is 0 Å². The van der Waals surface area contributed by atoms with Gasteiger partial charge in [0.25, 0.3) is 0 Å². The first-order chi connectivity index (χ1) is 9.11. The van der Waals surface area contributed by atoms with Gasteiger partial charge in [0, 0.05) is 26.2 Å². The van der Waals surface area contributed by atoms with Gasteiger partial charge in [-0.15, -0.1) is 0 Å². The van der Waals surface area contributed by atoms with Gasteiger partial charge in [0.05, 0.1) is 11.6 Å². The lowest BCUT2D eigenvalue weighted by molar-refractivity contribution is 0.448. The predicted octanol–water partition coefficient (Wildman–Crippen LogP) is 2.57. The largest absolute Gasteiger partial charge is 0.462 e. The van der Waals surface area contributed by atoms with Crippen molar-refractivity contribution in [2.75, 3.05) is 31.1 Å². The van der Waals surface area contributed by atoms with Crippen LogP contribution in [0.3, 0.4) is 0 Å². The number of nitrogens with one attached hydrogen (secondary N) is 1. The molecule has 0 bridgehead atoms. The van der Waals surface area contributed by atoms with Crippen LogP contribution >= 0.6 is 0 Å². The van der Waals surface area contributed by atoms with Crippen molar-refractivity contribution >= 4 is 16.7 Å². The Morgan fingerprint density at radius 3 is 2.47 bits per heavy atom. The van der Waals surface area contributed by atoms with Crippen LogP contribution in [0.15, 0.2) is 10.7 Å². The number of benzene rings is 1. The van der Waals surface area contributed by atoms with Crippen molar-refractivity contribution in [2.45, 2.75) is 6.92 Å². The van der Waals surface area contributed by atoms with Gasteiger partial charge in [-0.3, -0.25) is 0 Å². The zero-order chi connectivity index (χ0) is 13.6. The molecule has 1 aliphatic rings. The third-order valence-corrected chi connectivity index (χ3v) is 3.44. The molecule has 6 heteroatoms. The van der Waals surface area contributed by atoms with Crippen LogP contribution in [0.5, 0.6) is 0 Å². The van der Waals surface area contributed by atoms with Gasteiger partial charge in [-0.25, -0.2) is 13.2 Å². The van der Waals surface area contributed by atoms with Gasteiger partial charge in [-0.2, -0.15) is 0 Å². The molecule has 1 saturated heterocycles. The summed E-state index contributed by atoms with van der Waals surface area (Å²) in [5.74, 6) is -3.80. The number of nitrogens with zero attached hydrogens (tertiary/aromatic N) is 1. The molecule has 102 valence electrons. The summed E-state index contributed by atoms with van der Waals surface area (Å²) >= 11 is 0. The molecule has 0 spiro atoms. The predicted molar refractivity (Wildman–Crippen MR) is 65.9 cm³/mol. The third kappa shape index (κ3) is 1.78. The molecular formula is C13H13F3N2O. The summed E-state index contributed by atoms with van der Waals surface area (Å²) in [6.07, 6.45) is 1.32. The number of aryl methyl sites for hydroxylation is 1. The molecule has 0 atom stereocenters. The topological polar surface area (TPSA) is 28.4 Å². The smallest absolute Gasteiger partial charge is 0.197 e. The molecule has 19 heavy (non-hydrogen) atoms. The van der Waals surface area contributed by atoms with E-state index in [-0.39, 0.29) is 16.7 Å². The van der Waals surface area contributed by atoms with E-state index >= 15 is 0 Å². The van der Waals surface area contributed by atoms with Crippen LogP contribution in [-0.2, 0) is 0 Å². The fraction of sp³-hybridized carbons (Fsp3) is 0.385. The van der Waals surface area contributed by atoms with Crippen molar-refractivity contribution in [3.63, 3.8) is 0 Å². The normalized spacial score (nSPS) is 16.3. The Balaban J connectivity index is 2.27. The Hall–Kier alpha value is -1.69. The molecular weight excluding hydrogens is 257 g/mol. The summed E-state index contributed by atoms with van der Waals surface area (Å²) in [7, 11) is 0. The fourth-order valence-corrected chi connectivity index (χ4v) is 2.47. The summed E-state index contributed by atoms with van der Waals surface area (Å²) in [5, 5.41) is 3.14. The number of anilines is 1. The molecule has 1 aromatic heterocycles. The second-order valence-electron chi connectivity index (χ2n) is 4.65. The number of furan rings is 1. The van der Waals surface area contributed by atoms with Crippen LogP contribution in [-0.4, -0.2) is 26.2 Å². The molecule has 0 saturated carbocycles. The molecule has 1 N–H and O–H groups in total. The van der Waals surface area contributed by atoms with E-state index in [2.05, 4.69) is 5.32 Å². The minimum atomic E-state index is -1.44. The molecule has 3 rings (SSSR count). The monoisotopic (exact) mass is 270 g/mol. The van der Waals surface area contributed by atoms with Gasteiger partial charge >= 0.3 is 0 Å². The Bertz CT molecular complexity index is 633. The van der Waals surface area contributed by atoms with Gasteiger partial charge in [0.1, 0.15) is 5.69 Å². The van der Waals surface area contributed by atoms with E-state index in [1.54, 1.807) is 11.8 Å². The van der Waals surface area contributed by atoms with Crippen molar-refractivity contribution in [3.8, 4) is 0 Å². The summed E-state index contributed by atoms with van der Waals surface area (Å²) in [5.41, 5.74) is 0.557. The zero-order valence-electron chi connectivity index (χ0n) is 10.4. The van der Waals surface area contributed by atoms with Crippen LogP contribution < -0.4 is 10.2 Å². The Labute approximate surface area is 108 Å².